The van der Waals surface area contributed by atoms with Crippen molar-refractivity contribution in [3.05, 3.63) is 69.7 Å². The highest BCUT2D eigenvalue weighted by Crippen LogP contribution is 2.31. The topological polar surface area (TPSA) is 98.0 Å². The number of benzene rings is 2. The minimum absolute atomic E-state index is 0.158. The summed E-state index contributed by atoms with van der Waals surface area (Å²) in [4.78, 5) is 32.4. The number of nitro groups is 1. The Morgan fingerprint density at radius 3 is 2.56 bits per heavy atom. The van der Waals surface area contributed by atoms with Gasteiger partial charge in [0.1, 0.15) is 17.2 Å². The third kappa shape index (κ3) is 4.80. The lowest BCUT2D eigenvalue weighted by molar-refractivity contribution is -0.384. The highest BCUT2D eigenvalue weighted by atomic mass is 32.1. The van der Waals surface area contributed by atoms with Crippen molar-refractivity contribution in [3.8, 4) is 17.2 Å². The standard InChI is InChI=1S/C22H22N4O5S/c1-30-17-4-6-18(7-5-17)31-20-8-3-16(26(28)29)15-19(20)21(27)24-10-2-11-25(13-12-24)22-23-9-14-32-22/h3-9,14-15H,2,10-13H2,1H3. The molecule has 0 atom stereocenters. The molecule has 0 N–H and O–H groups in total. The normalized spacial score (nSPS) is 14.0. The van der Waals surface area contributed by atoms with E-state index in [9.17, 15) is 14.9 Å². The van der Waals surface area contributed by atoms with E-state index in [2.05, 4.69) is 9.88 Å². The summed E-state index contributed by atoms with van der Waals surface area (Å²) in [6.45, 7) is 2.47. The predicted molar refractivity (Wildman–Crippen MR) is 121 cm³/mol. The van der Waals surface area contributed by atoms with Crippen LogP contribution in [0.3, 0.4) is 0 Å². The summed E-state index contributed by atoms with van der Waals surface area (Å²) in [7, 11) is 1.57. The second kappa shape index (κ2) is 9.65. The van der Waals surface area contributed by atoms with Gasteiger partial charge in [-0.1, -0.05) is 0 Å². The first-order chi connectivity index (χ1) is 15.5. The van der Waals surface area contributed by atoms with E-state index < -0.39 is 4.92 Å². The van der Waals surface area contributed by atoms with Crippen molar-refractivity contribution in [2.45, 2.75) is 6.42 Å². The number of nitrogens with zero attached hydrogens (tertiary/aromatic N) is 4. The van der Waals surface area contributed by atoms with Crippen LogP contribution in [-0.4, -0.2) is 54.0 Å². The number of thiazole rings is 1. The zero-order valence-corrected chi connectivity index (χ0v) is 18.3. The maximum absolute atomic E-state index is 13.4. The van der Waals surface area contributed by atoms with Crippen LogP contribution in [0.25, 0.3) is 0 Å². The van der Waals surface area contributed by atoms with Gasteiger partial charge in [0.05, 0.1) is 17.6 Å². The first-order valence-electron chi connectivity index (χ1n) is 10.1. The smallest absolute Gasteiger partial charge is 0.270 e. The lowest BCUT2D eigenvalue weighted by Gasteiger charge is -2.22. The summed E-state index contributed by atoms with van der Waals surface area (Å²) < 4.78 is 11.1. The SMILES string of the molecule is COc1ccc(Oc2ccc([N+](=O)[O-])cc2C(=O)N2CCCN(c3nccs3)CC2)cc1. The van der Waals surface area contributed by atoms with Gasteiger partial charge in [-0.05, 0) is 36.8 Å². The van der Waals surface area contributed by atoms with Crippen molar-refractivity contribution in [1.29, 1.82) is 0 Å². The van der Waals surface area contributed by atoms with Crippen LogP contribution in [0, 0.1) is 10.1 Å². The molecule has 10 heteroatoms. The van der Waals surface area contributed by atoms with E-state index >= 15 is 0 Å². The number of methoxy groups -OCH3 is 1. The van der Waals surface area contributed by atoms with Gasteiger partial charge in [0.15, 0.2) is 5.13 Å². The van der Waals surface area contributed by atoms with Crippen molar-refractivity contribution in [2.24, 2.45) is 0 Å². The van der Waals surface area contributed by atoms with E-state index in [1.165, 1.54) is 18.2 Å². The van der Waals surface area contributed by atoms with Crippen LogP contribution in [0.5, 0.6) is 17.2 Å². The van der Waals surface area contributed by atoms with Crippen LogP contribution < -0.4 is 14.4 Å². The number of amides is 1. The van der Waals surface area contributed by atoms with Crippen molar-refractivity contribution in [1.82, 2.24) is 9.88 Å². The number of hydrogen-bond acceptors (Lipinski definition) is 8. The quantitative estimate of drug-likeness (QED) is 0.407. The molecule has 1 aliphatic rings. The third-order valence-electron chi connectivity index (χ3n) is 5.16. The molecule has 1 aliphatic heterocycles. The molecule has 1 aromatic heterocycles. The van der Waals surface area contributed by atoms with Crippen LogP contribution in [0.4, 0.5) is 10.8 Å². The van der Waals surface area contributed by atoms with Gasteiger partial charge < -0.3 is 19.3 Å². The zero-order chi connectivity index (χ0) is 22.5. The van der Waals surface area contributed by atoms with Crippen LogP contribution in [-0.2, 0) is 0 Å². The van der Waals surface area contributed by atoms with E-state index in [1.54, 1.807) is 53.8 Å². The van der Waals surface area contributed by atoms with Gasteiger partial charge in [0.25, 0.3) is 11.6 Å². The maximum Gasteiger partial charge on any atom is 0.270 e. The number of carbonyl (C=O) groups excluding carboxylic acids is 1. The van der Waals surface area contributed by atoms with Gasteiger partial charge in [-0.3, -0.25) is 14.9 Å². The fraction of sp³-hybridized carbons (Fsp3) is 0.273. The van der Waals surface area contributed by atoms with E-state index in [4.69, 9.17) is 9.47 Å². The number of nitro benzene ring substituents is 1. The number of ether oxygens (including phenoxy) is 2. The minimum Gasteiger partial charge on any atom is -0.497 e. The van der Waals surface area contributed by atoms with Gasteiger partial charge in [-0.15, -0.1) is 11.3 Å². The summed E-state index contributed by atoms with van der Waals surface area (Å²) >= 11 is 1.56. The van der Waals surface area contributed by atoms with Gasteiger partial charge in [0.2, 0.25) is 0 Å². The van der Waals surface area contributed by atoms with Crippen LogP contribution in [0.15, 0.2) is 54.0 Å². The summed E-state index contributed by atoms with van der Waals surface area (Å²) in [6, 6.07) is 11.0. The first kappa shape index (κ1) is 21.6. The van der Waals surface area contributed by atoms with Crippen LogP contribution >= 0.6 is 11.3 Å². The molecule has 32 heavy (non-hydrogen) atoms. The van der Waals surface area contributed by atoms with E-state index in [0.29, 0.717) is 31.1 Å². The molecule has 0 bridgehead atoms. The van der Waals surface area contributed by atoms with E-state index in [0.717, 1.165) is 18.1 Å². The van der Waals surface area contributed by atoms with E-state index in [-0.39, 0.29) is 22.9 Å². The van der Waals surface area contributed by atoms with Crippen molar-refractivity contribution in [2.75, 3.05) is 38.2 Å². The first-order valence-corrected chi connectivity index (χ1v) is 11.0. The average molecular weight is 455 g/mol. The van der Waals surface area contributed by atoms with Crippen molar-refractivity contribution in [3.63, 3.8) is 0 Å². The Morgan fingerprint density at radius 2 is 1.88 bits per heavy atom. The molecule has 3 aromatic rings. The molecule has 1 amide bonds. The monoisotopic (exact) mass is 454 g/mol. The van der Waals surface area contributed by atoms with Gasteiger partial charge in [0, 0.05) is 49.9 Å². The highest BCUT2D eigenvalue weighted by Gasteiger charge is 2.26. The Labute approximate surface area is 189 Å². The minimum atomic E-state index is -0.513. The fourth-order valence-corrected chi connectivity index (χ4v) is 4.21. The molecule has 2 heterocycles. The molecule has 0 spiro atoms. The maximum atomic E-state index is 13.4. The number of carbonyl (C=O) groups is 1. The molecule has 0 saturated carbocycles. The molecule has 9 nitrogen and oxygen atoms in total. The van der Waals surface area contributed by atoms with Gasteiger partial charge >= 0.3 is 0 Å². The molecule has 2 aromatic carbocycles. The lowest BCUT2D eigenvalue weighted by atomic mass is 10.1. The molecule has 1 fully saturated rings. The number of aromatic nitrogens is 1. The summed E-state index contributed by atoms with van der Waals surface area (Å²) in [5.41, 5.74) is 0.00683. The largest absolute Gasteiger partial charge is 0.497 e. The average Bonchev–Trinajstić information content (AvgIpc) is 3.24. The zero-order valence-electron chi connectivity index (χ0n) is 17.5. The summed E-state index contributed by atoms with van der Waals surface area (Å²) in [5.74, 6) is 1.15. The predicted octanol–water partition coefficient (Wildman–Crippen LogP) is 4.20. The van der Waals surface area contributed by atoms with Gasteiger partial charge in [-0.2, -0.15) is 0 Å². The van der Waals surface area contributed by atoms with Gasteiger partial charge in [-0.25, -0.2) is 4.98 Å². The second-order valence-electron chi connectivity index (χ2n) is 7.16. The molecule has 0 unspecified atom stereocenters. The van der Waals surface area contributed by atoms with Crippen LogP contribution in [0.1, 0.15) is 16.8 Å². The fourth-order valence-electron chi connectivity index (χ4n) is 3.51. The molecular weight excluding hydrogens is 432 g/mol. The second-order valence-corrected chi connectivity index (χ2v) is 8.04. The Kier molecular flexibility index (Phi) is 6.50. The number of non-ortho nitro benzene ring substituents is 1. The molecular formula is C22H22N4O5S. The number of rotatable bonds is 6. The van der Waals surface area contributed by atoms with Crippen molar-refractivity contribution < 1.29 is 19.2 Å². The third-order valence-corrected chi connectivity index (χ3v) is 6.00. The Hall–Kier alpha value is -3.66. The molecule has 1 saturated heterocycles. The summed E-state index contributed by atoms with van der Waals surface area (Å²) in [6.07, 6.45) is 2.54. The molecule has 0 radical (unpaired) electrons. The Bertz CT molecular complexity index is 1090. The van der Waals surface area contributed by atoms with E-state index in [1.807, 2.05) is 5.38 Å². The highest BCUT2D eigenvalue weighted by molar-refractivity contribution is 7.13. The molecule has 0 aliphatic carbocycles. The summed E-state index contributed by atoms with van der Waals surface area (Å²) in [5, 5.41) is 14.2. The van der Waals surface area contributed by atoms with Crippen LogP contribution in [0.2, 0.25) is 0 Å². The number of hydrogen-bond donors (Lipinski definition) is 0. The number of anilines is 1. The lowest BCUT2D eigenvalue weighted by Crippen LogP contribution is -2.35. The molecule has 4 rings (SSSR count). The van der Waals surface area contributed by atoms with Crippen molar-refractivity contribution >= 4 is 28.1 Å². The molecule has 166 valence electrons. The Balaban J connectivity index is 1.57. The Morgan fingerprint density at radius 1 is 1.09 bits per heavy atom.